The molecule has 1 aromatic heterocycles. The summed E-state index contributed by atoms with van der Waals surface area (Å²) in [5, 5.41) is 3.54. The number of nitrogens with one attached hydrogen (secondary N) is 1. The Morgan fingerprint density at radius 1 is 1.30 bits per heavy atom. The number of rotatable bonds is 3. The number of amides is 1. The second-order valence-electron chi connectivity index (χ2n) is 6.34. The van der Waals surface area contributed by atoms with E-state index in [0.717, 1.165) is 24.8 Å². The van der Waals surface area contributed by atoms with Gasteiger partial charge in [0.1, 0.15) is 5.00 Å². The predicted molar refractivity (Wildman–Crippen MR) is 80.4 cm³/mol. The Morgan fingerprint density at radius 3 is 2.60 bits per heavy atom. The minimum Gasteiger partial charge on any atom is -0.465 e. The van der Waals surface area contributed by atoms with Crippen LogP contribution in [-0.2, 0) is 22.4 Å². The summed E-state index contributed by atoms with van der Waals surface area (Å²) < 4.78 is 4.86. The minimum absolute atomic E-state index is 0.0532. The number of anilines is 1. The molecule has 5 heteroatoms. The number of methoxy groups -OCH3 is 1. The first kappa shape index (κ1) is 15.0. The second-order valence-corrected chi connectivity index (χ2v) is 7.44. The summed E-state index contributed by atoms with van der Waals surface area (Å²) in [5.41, 5.74) is 1.55. The summed E-state index contributed by atoms with van der Waals surface area (Å²) in [5.74, 6) is -0.405. The number of hydrogen-bond acceptors (Lipinski definition) is 4. The van der Waals surface area contributed by atoms with Gasteiger partial charge in [0.25, 0.3) is 0 Å². The summed E-state index contributed by atoms with van der Waals surface area (Å²) in [6, 6.07) is 0. The van der Waals surface area contributed by atoms with Crippen LogP contribution in [0.25, 0.3) is 0 Å². The van der Waals surface area contributed by atoms with E-state index in [4.69, 9.17) is 4.74 Å². The molecule has 0 saturated carbocycles. The van der Waals surface area contributed by atoms with E-state index in [9.17, 15) is 9.59 Å². The highest BCUT2D eigenvalue weighted by Crippen LogP contribution is 2.39. The first-order valence-electron chi connectivity index (χ1n) is 6.84. The second kappa shape index (κ2) is 5.56. The van der Waals surface area contributed by atoms with E-state index in [-0.39, 0.29) is 17.3 Å². The number of hydrogen-bond donors (Lipinski definition) is 1. The van der Waals surface area contributed by atoms with Crippen LogP contribution in [0.15, 0.2) is 0 Å². The third-order valence-corrected chi connectivity index (χ3v) is 4.46. The number of aryl methyl sites for hydroxylation is 1. The standard InChI is InChI=1S/C15H21NO3S/c1-15(2,3)8-11(17)16-13-12(14(18)19-4)9-6-5-7-10(9)20-13/h5-8H2,1-4H3,(H,16,17). The van der Waals surface area contributed by atoms with Crippen LogP contribution in [0.1, 0.15) is 54.4 Å². The Hall–Kier alpha value is -1.36. The van der Waals surface area contributed by atoms with Crippen LogP contribution in [0.2, 0.25) is 0 Å². The van der Waals surface area contributed by atoms with Gasteiger partial charge in [-0.2, -0.15) is 0 Å². The number of ether oxygens (including phenoxy) is 1. The average Bonchev–Trinajstić information content (AvgIpc) is 2.85. The summed E-state index contributed by atoms with van der Waals surface area (Å²) >= 11 is 1.51. The number of carbonyl (C=O) groups is 2. The molecule has 0 radical (unpaired) electrons. The largest absolute Gasteiger partial charge is 0.465 e. The fourth-order valence-electron chi connectivity index (χ4n) is 2.46. The molecule has 1 amide bonds. The van der Waals surface area contributed by atoms with Crippen molar-refractivity contribution in [2.24, 2.45) is 5.41 Å². The average molecular weight is 295 g/mol. The van der Waals surface area contributed by atoms with Crippen LogP contribution in [0.3, 0.4) is 0 Å². The Bertz CT molecular complexity index is 540. The van der Waals surface area contributed by atoms with Crippen molar-refractivity contribution in [1.29, 1.82) is 0 Å². The molecule has 1 aliphatic rings. The number of esters is 1. The maximum Gasteiger partial charge on any atom is 0.341 e. The van der Waals surface area contributed by atoms with E-state index < -0.39 is 0 Å². The van der Waals surface area contributed by atoms with E-state index in [1.807, 2.05) is 20.8 Å². The van der Waals surface area contributed by atoms with Gasteiger partial charge in [-0.1, -0.05) is 20.8 Å². The van der Waals surface area contributed by atoms with E-state index >= 15 is 0 Å². The van der Waals surface area contributed by atoms with Gasteiger partial charge in [-0.3, -0.25) is 4.79 Å². The van der Waals surface area contributed by atoms with Gasteiger partial charge in [-0.05, 0) is 30.2 Å². The van der Waals surface area contributed by atoms with Crippen molar-refractivity contribution >= 4 is 28.2 Å². The van der Waals surface area contributed by atoms with Crippen LogP contribution in [-0.4, -0.2) is 19.0 Å². The van der Waals surface area contributed by atoms with E-state index in [2.05, 4.69) is 5.32 Å². The highest BCUT2D eigenvalue weighted by Gasteiger charge is 2.28. The molecule has 1 N–H and O–H groups in total. The Morgan fingerprint density at radius 2 is 2.00 bits per heavy atom. The SMILES string of the molecule is COC(=O)c1c(NC(=O)CC(C)(C)C)sc2c1CCC2. The predicted octanol–water partition coefficient (Wildman–Crippen LogP) is 3.40. The lowest BCUT2D eigenvalue weighted by atomic mass is 9.92. The number of carbonyl (C=O) groups excluding carboxylic acids is 2. The number of thiophene rings is 1. The van der Waals surface area contributed by atoms with Gasteiger partial charge in [0.2, 0.25) is 5.91 Å². The van der Waals surface area contributed by atoms with Gasteiger partial charge in [0, 0.05) is 11.3 Å². The normalized spacial score (nSPS) is 14.0. The summed E-state index contributed by atoms with van der Waals surface area (Å²) in [6.45, 7) is 6.05. The van der Waals surface area contributed by atoms with Crippen LogP contribution in [0.4, 0.5) is 5.00 Å². The Balaban J connectivity index is 2.24. The smallest absolute Gasteiger partial charge is 0.341 e. The molecule has 1 aromatic rings. The fourth-order valence-corrected chi connectivity index (χ4v) is 3.76. The van der Waals surface area contributed by atoms with Crippen molar-refractivity contribution < 1.29 is 14.3 Å². The van der Waals surface area contributed by atoms with Crippen molar-refractivity contribution in [3.63, 3.8) is 0 Å². The van der Waals surface area contributed by atoms with Crippen LogP contribution < -0.4 is 5.32 Å². The summed E-state index contributed by atoms with van der Waals surface area (Å²) in [7, 11) is 1.38. The van der Waals surface area contributed by atoms with Crippen LogP contribution in [0, 0.1) is 5.41 Å². The Labute approximate surface area is 123 Å². The molecule has 4 nitrogen and oxygen atoms in total. The quantitative estimate of drug-likeness (QED) is 0.870. The lowest BCUT2D eigenvalue weighted by Gasteiger charge is -2.17. The molecule has 0 spiro atoms. The first-order chi connectivity index (χ1) is 9.31. The molecule has 0 bridgehead atoms. The van der Waals surface area contributed by atoms with Crippen molar-refractivity contribution in [2.75, 3.05) is 12.4 Å². The van der Waals surface area contributed by atoms with Gasteiger partial charge in [-0.25, -0.2) is 4.79 Å². The van der Waals surface area contributed by atoms with Gasteiger partial charge in [-0.15, -0.1) is 11.3 Å². The molecule has 110 valence electrons. The maximum atomic E-state index is 12.1. The lowest BCUT2D eigenvalue weighted by Crippen LogP contribution is -2.20. The summed E-state index contributed by atoms with van der Waals surface area (Å²) in [4.78, 5) is 25.2. The molecule has 20 heavy (non-hydrogen) atoms. The molecule has 0 saturated heterocycles. The van der Waals surface area contributed by atoms with E-state index in [1.165, 1.54) is 23.3 Å². The zero-order valence-electron chi connectivity index (χ0n) is 12.5. The zero-order valence-corrected chi connectivity index (χ0v) is 13.3. The lowest BCUT2D eigenvalue weighted by molar-refractivity contribution is -0.117. The molecule has 0 fully saturated rings. The molecule has 0 aliphatic heterocycles. The zero-order chi connectivity index (χ0) is 14.9. The Kier molecular flexibility index (Phi) is 4.18. The van der Waals surface area contributed by atoms with Crippen LogP contribution >= 0.6 is 11.3 Å². The van der Waals surface area contributed by atoms with Gasteiger partial charge in [0.05, 0.1) is 12.7 Å². The molecule has 0 unspecified atom stereocenters. The van der Waals surface area contributed by atoms with Crippen molar-refractivity contribution in [3.05, 3.63) is 16.0 Å². The summed E-state index contributed by atoms with van der Waals surface area (Å²) in [6.07, 6.45) is 3.38. The number of fused-ring (bicyclic) bond motifs is 1. The molecule has 1 aliphatic carbocycles. The first-order valence-corrected chi connectivity index (χ1v) is 7.66. The highest BCUT2D eigenvalue weighted by atomic mass is 32.1. The van der Waals surface area contributed by atoms with Crippen molar-refractivity contribution in [2.45, 2.75) is 46.5 Å². The van der Waals surface area contributed by atoms with Crippen LogP contribution in [0.5, 0.6) is 0 Å². The molecular formula is C15H21NO3S. The van der Waals surface area contributed by atoms with Gasteiger partial charge in [0.15, 0.2) is 0 Å². The monoisotopic (exact) mass is 295 g/mol. The van der Waals surface area contributed by atoms with Gasteiger partial charge < -0.3 is 10.1 Å². The highest BCUT2D eigenvalue weighted by molar-refractivity contribution is 7.17. The molecule has 2 rings (SSSR count). The fraction of sp³-hybridized carbons (Fsp3) is 0.600. The van der Waals surface area contributed by atoms with E-state index in [1.54, 1.807) is 0 Å². The van der Waals surface area contributed by atoms with Gasteiger partial charge >= 0.3 is 5.97 Å². The maximum absolute atomic E-state index is 12.1. The molecular weight excluding hydrogens is 274 g/mol. The topological polar surface area (TPSA) is 55.4 Å². The third-order valence-electron chi connectivity index (χ3n) is 3.25. The molecule has 0 atom stereocenters. The van der Waals surface area contributed by atoms with E-state index in [0.29, 0.717) is 17.0 Å². The van der Waals surface area contributed by atoms with Crippen molar-refractivity contribution in [1.82, 2.24) is 0 Å². The molecule has 0 aromatic carbocycles. The third kappa shape index (κ3) is 3.20. The minimum atomic E-state index is -0.351. The molecule has 1 heterocycles. The van der Waals surface area contributed by atoms with Crippen molar-refractivity contribution in [3.8, 4) is 0 Å².